The third-order valence-electron chi connectivity index (χ3n) is 1.40. The summed E-state index contributed by atoms with van der Waals surface area (Å²) >= 11 is 0. The van der Waals surface area contributed by atoms with E-state index >= 15 is 0 Å². The van der Waals surface area contributed by atoms with Crippen LogP contribution in [0.3, 0.4) is 0 Å². The van der Waals surface area contributed by atoms with Gasteiger partial charge in [0.05, 0.1) is 5.57 Å². The molecule has 0 radical (unpaired) electrons. The van der Waals surface area contributed by atoms with Crippen molar-refractivity contribution < 1.29 is 9.59 Å². The zero-order valence-electron chi connectivity index (χ0n) is 7.31. The van der Waals surface area contributed by atoms with Gasteiger partial charge in [0.25, 0.3) is 0 Å². The second-order valence-corrected chi connectivity index (χ2v) is 2.52. The van der Waals surface area contributed by atoms with Crippen molar-refractivity contribution in [2.75, 3.05) is 0 Å². The lowest BCUT2D eigenvalue weighted by atomic mass is 10.1. The molecule has 2 heteroatoms. The Balaban J connectivity index is 4.33. The molecule has 0 aliphatic heterocycles. The highest BCUT2D eigenvalue weighted by Crippen LogP contribution is 2.01. The Morgan fingerprint density at radius 3 is 1.91 bits per heavy atom. The molecule has 0 N–H and O–H groups in total. The molecule has 0 fully saturated rings. The number of rotatable bonds is 4. The van der Waals surface area contributed by atoms with Gasteiger partial charge in [-0.25, -0.2) is 0 Å². The van der Waals surface area contributed by atoms with Crippen molar-refractivity contribution in [1.29, 1.82) is 0 Å². The van der Waals surface area contributed by atoms with Crippen molar-refractivity contribution in [3.63, 3.8) is 0 Å². The van der Waals surface area contributed by atoms with Gasteiger partial charge < -0.3 is 0 Å². The summed E-state index contributed by atoms with van der Waals surface area (Å²) in [6, 6.07) is 0. The van der Waals surface area contributed by atoms with E-state index in [0.717, 1.165) is 12.8 Å². The highest BCUT2D eigenvalue weighted by Gasteiger charge is 2.07. The van der Waals surface area contributed by atoms with E-state index in [2.05, 4.69) is 0 Å². The van der Waals surface area contributed by atoms with Gasteiger partial charge >= 0.3 is 0 Å². The van der Waals surface area contributed by atoms with Gasteiger partial charge in [0, 0.05) is 0 Å². The summed E-state index contributed by atoms with van der Waals surface area (Å²) < 4.78 is 0. The van der Waals surface area contributed by atoms with Gasteiger partial charge in [-0.1, -0.05) is 19.4 Å². The molecule has 0 heterocycles. The number of hydrogen-bond donors (Lipinski definition) is 0. The maximum atomic E-state index is 10.8. The normalized spacial score (nSPS) is 9.00. The third kappa shape index (κ3) is 3.71. The van der Waals surface area contributed by atoms with E-state index in [1.165, 1.54) is 13.8 Å². The number of carbonyl (C=O) groups excluding carboxylic acids is 2. The Bertz CT molecular complexity index is 174. The monoisotopic (exact) mass is 154 g/mol. The van der Waals surface area contributed by atoms with Gasteiger partial charge in [-0.05, 0) is 20.3 Å². The van der Waals surface area contributed by atoms with E-state index in [0.29, 0.717) is 5.57 Å². The van der Waals surface area contributed by atoms with E-state index in [1.807, 2.05) is 6.92 Å². The number of unbranched alkanes of at least 4 members (excludes halogenated alkanes) is 1. The number of Topliss-reactive ketones (excluding diaryl/α,β-unsaturated/α-hetero) is 2. The van der Waals surface area contributed by atoms with E-state index in [1.54, 1.807) is 6.08 Å². The average molecular weight is 154 g/mol. The Hall–Kier alpha value is -0.920. The molecule has 0 amide bonds. The van der Waals surface area contributed by atoms with Crippen LogP contribution >= 0.6 is 0 Å². The summed E-state index contributed by atoms with van der Waals surface area (Å²) in [5, 5.41) is 0. The summed E-state index contributed by atoms with van der Waals surface area (Å²) in [6.45, 7) is 4.85. The number of carbonyl (C=O) groups is 2. The van der Waals surface area contributed by atoms with Gasteiger partial charge in [-0.2, -0.15) is 0 Å². The lowest BCUT2D eigenvalue weighted by Crippen LogP contribution is -2.05. The fourth-order valence-corrected chi connectivity index (χ4v) is 0.824. The topological polar surface area (TPSA) is 34.1 Å². The predicted octanol–water partition coefficient (Wildman–Crippen LogP) is 1.89. The minimum Gasteiger partial charge on any atom is -0.294 e. The molecule has 0 aliphatic carbocycles. The molecular formula is C9H14O2. The average Bonchev–Trinajstić information content (AvgIpc) is 1.87. The number of ketones is 2. The molecule has 2 nitrogen and oxygen atoms in total. The molecule has 0 saturated carbocycles. The number of allylic oxidation sites excluding steroid dienone is 2. The van der Waals surface area contributed by atoms with Crippen molar-refractivity contribution >= 4 is 11.6 Å². The van der Waals surface area contributed by atoms with Crippen LogP contribution in [0.4, 0.5) is 0 Å². The van der Waals surface area contributed by atoms with Crippen LogP contribution in [-0.4, -0.2) is 11.6 Å². The number of hydrogen-bond acceptors (Lipinski definition) is 2. The van der Waals surface area contributed by atoms with E-state index in [4.69, 9.17) is 0 Å². The summed E-state index contributed by atoms with van der Waals surface area (Å²) in [5.41, 5.74) is 0.340. The van der Waals surface area contributed by atoms with E-state index in [-0.39, 0.29) is 11.6 Å². The largest absolute Gasteiger partial charge is 0.294 e. The van der Waals surface area contributed by atoms with Crippen LogP contribution in [0, 0.1) is 0 Å². The highest BCUT2D eigenvalue weighted by molar-refractivity contribution is 6.18. The molecule has 11 heavy (non-hydrogen) atoms. The standard InChI is InChI=1S/C9H14O2/c1-4-5-6-9(7(2)10)8(3)11/h6H,4-5H2,1-3H3. The van der Waals surface area contributed by atoms with Gasteiger partial charge in [0.15, 0.2) is 11.6 Å². The lowest BCUT2D eigenvalue weighted by molar-refractivity contribution is -0.119. The molecule has 0 saturated heterocycles. The second-order valence-electron chi connectivity index (χ2n) is 2.52. The summed E-state index contributed by atoms with van der Waals surface area (Å²) in [5.74, 6) is -0.267. The van der Waals surface area contributed by atoms with Crippen LogP contribution in [0.15, 0.2) is 11.6 Å². The van der Waals surface area contributed by atoms with Crippen molar-refractivity contribution in [2.24, 2.45) is 0 Å². The minimum absolute atomic E-state index is 0.133. The molecular weight excluding hydrogens is 140 g/mol. The molecule has 0 atom stereocenters. The van der Waals surface area contributed by atoms with Crippen molar-refractivity contribution in [2.45, 2.75) is 33.6 Å². The van der Waals surface area contributed by atoms with E-state index < -0.39 is 0 Å². The van der Waals surface area contributed by atoms with E-state index in [9.17, 15) is 9.59 Å². The van der Waals surface area contributed by atoms with Crippen LogP contribution in [0.25, 0.3) is 0 Å². The zero-order valence-corrected chi connectivity index (χ0v) is 7.31. The Morgan fingerprint density at radius 1 is 1.18 bits per heavy atom. The first-order valence-corrected chi connectivity index (χ1v) is 3.81. The van der Waals surface area contributed by atoms with Gasteiger partial charge in [0.2, 0.25) is 0 Å². The molecule has 0 unspecified atom stereocenters. The summed E-state index contributed by atoms with van der Waals surface area (Å²) in [4.78, 5) is 21.6. The Kier molecular flexibility index (Phi) is 4.42. The van der Waals surface area contributed by atoms with Crippen molar-refractivity contribution in [3.05, 3.63) is 11.6 Å². The lowest BCUT2D eigenvalue weighted by Gasteiger charge is -1.95. The third-order valence-corrected chi connectivity index (χ3v) is 1.40. The summed E-state index contributed by atoms with van der Waals surface area (Å²) in [7, 11) is 0. The SMILES string of the molecule is CCCC=C(C(C)=O)C(C)=O. The van der Waals surface area contributed by atoms with Gasteiger partial charge in [-0.15, -0.1) is 0 Å². The van der Waals surface area contributed by atoms with Gasteiger partial charge in [0.1, 0.15) is 0 Å². The minimum atomic E-state index is -0.133. The molecule has 0 rings (SSSR count). The first kappa shape index (κ1) is 10.1. The maximum absolute atomic E-state index is 10.8. The summed E-state index contributed by atoms with van der Waals surface area (Å²) in [6.07, 6.45) is 3.48. The molecule has 0 aliphatic rings. The Labute approximate surface area is 67.3 Å². The van der Waals surface area contributed by atoms with Crippen molar-refractivity contribution in [1.82, 2.24) is 0 Å². The quantitative estimate of drug-likeness (QED) is 0.352. The second kappa shape index (κ2) is 4.83. The molecule has 0 aromatic carbocycles. The maximum Gasteiger partial charge on any atom is 0.163 e. The first-order valence-electron chi connectivity index (χ1n) is 3.81. The molecule has 0 bridgehead atoms. The predicted molar refractivity (Wildman–Crippen MR) is 44.4 cm³/mol. The van der Waals surface area contributed by atoms with Crippen LogP contribution in [0.2, 0.25) is 0 Å². The highest BCUT2D eigenvalue weighted by atomic mass is 16.1. The van der Waals surface area contributed by atoms with Crippen LogP contribution in [0.1, 0.15) is 33.6 Å². The molecule has 0 spiro atoms. The molecule has 0 aromatic rings. The smallest absolute Gasteiger partial charge is 0.163 e. The fraction of sp³-hybridized carbons (Fsp3) is 0.556. The van der Waals surface area contributed by atoms with Crippen LogP contribution in [-0.2, 0) is 9.59 Å². The van der Waals surface area contributed by atoms with Crippen LogP contribution < -0.4 is 0 Å². The molecule has 0 aromatic heterocycles. The first-order chi connectivity index (χ1) is 5.09. The van der Waals surface area contributed by atoms with Gasteiger partial charge in [-0.3, -0.25) is 9.59 Å². The van der Waals surface area contributed by atoms with Crippen molar-refractivity contribution in [3.8, 4) is 0 Å². The Morgan fingerprint density at radius 2 is 1.64 bits per heavy atom. The van der Waals surface area contributed by atoms with Crippen LogP contribution in [0.5, 0.6) is 0 Å². The molecule has 62 valence electrons. The fourth-order valence-electron chi connectivity index (χ4n) is 0.824. The zero-order chi connectivity index (χ0) is 8.85.